The molecule has 170 valence electrons. The van der Waals surface area contributed by atoms with Gasteiger partial charge in [0, 0.05) is 5.56 Å². The molecule has 0 saturated carbocycles. The van der Waals surface area contributed by atoms with Crippen molar-refractivity contribution < 1.29 is 19.1 Å². The molecule has 2 heterocycles. The Kier molecular flexibility index (Phi) is 7.07. The molecule has 9 nitrogen and oxygen atoms in total. The summed E-state index contributed by atoms with van der Waals surface area (Å²) in [6.07, 6.45) is 1.30. The first-order valence-electron chi connectivity index (χ1n) is 10.8. The second-order valence-corrected chi connectivity index (χ2v) is 7.40. The zero-order valence-electron chi connectivity index (χ0n) is 19.0. The van der Waals surface area contributed by atoms with Crippen molar-refractivity contribution in [2.75, 3.05) is 13.2 Å². The molecule has 0 spiro atoms. The second-order valence-electron chi connectivity index (χ2n) is 7.40. The van der Waals surface area contributed by atoms with Crippen LogP contribution in [0, 0.1) is 0 Å². The molecule has 32 heavy (non-hydrogen) atoms. The van der Waals surface area contributed by atoms with E-state index in [4.69, 9.17) is 9.47 Å². The van der Waals surface area contributed by atoms with Gasteiger partial charge in [0.2, 0.25) is 0 Å². The van der Waals surface area contributed by atoms with Gasteiger partial charge in [0.1, 0.15) is 23.1 Å². The van der Waals surface area contributed by atoms with E-state index in [0.717, 1.165) is 6.42 Å². The van der Waals surface area contributed by atoms with Crippen LogP contribution in [0.15, 0.2) is 23.0 Å². The number of hydrogen-bond acceptors (Lipinski definition) is 7. The number of fused-ring (bicyclic) bond motifs is 1. The monoisotopic (exact) mass is 440 g/mol. The van der Waals surface area contributed by atoms with Gasteiger partial charge in [-0.15, -0.1) is 0 Å². The third-order valence-corrected chi connectivity index (χ3v) is 5.08. The lowest BCUT2D eigenvalue weighted by Crippen LogP contribution is -2.22. The quantitative estimate of drug-likeness (QED) is 0.400. The van der Waals surface area contributed by atoms with Crippen LogP contribution in [0.3, 0.4) is 0 Å². The molecule has 1 N–H and O–H groups in total. The number of nitrogens with one attached hydrogen (secondary N) is 1. The molecule has 1 atom stereocenters. The van der Waals surface area contributed by atoms with Crippen molar-refractivity contribution in [3.05, 3.63) is 39.8 Å². The van der Waals surface area contributed by atoms with Crippen molar-refractivity contribution in [3.8, 4) is 17.1 Å². The van der Waals surface area contributed by atoms with Gasteiger partial charge in [-0.25, -0.2) is 9.78 Å². The Bertz CT molecular complexity index is 1210. The molecule has 1 aromatic carbocycles. The number of rotatable bonds is 9. The van der Waals surface area contributed by atoms with Crippen LogP contribution < -0.4 is 10.3 Å². The summed E-state index contributed by atoms with van der Waals surface area (Å²) in [5.74, 6) is 0.248. The van der Waals surface area contributed by atoms with E-state index >= 15 is 0 Å². The second kappa shape index (κ2) is 9.76. The zero-order chi connectivity index (χ0) is 23.4. The summed E-state index contributed by atoms with van der Waals surface area (Å²) >= 11 is 0. The van der Waals surface area contributed by atoms with Crippen LogP contribution in [0.4, 0.5) is 0 Å². The smallest absolute Gasteiger partial charge is 0.330 e. The van der Waals surface area contributed by atoms with Gasteiger partial charge in [0.15, 0.2) is 11.3 Å². The van der Waals surface area contributed by atoms with Crippen molar-refractivity contribution in [1.82, 2.24) is 19.7 Å². The number of carbonyl (C=O) groups excluding carboxylic acids is 2. The van der Waals surface area contributed by atoms with Crippen molar-refractivity contribution in [2.45, 2.75) is 53.5 Å². The standard InChI is InChI=1S/C23H28N4O5/c1-6-11-32-18-10-9-15(14(5)28)12-16(18)21-24-19-17(7-2)27(13(4)23(30)31-8-3)26-20(19)22(29)25-21/h9-10,12-13H,6-8,11H2,1-5H3,(H,24,25,29). The number of Topliss-reactive ketones (excluding diaryl/α,β-unsaturated/α-hetero) is 1. The summed E-state index contributed by atoms with van der Waals surface area (Å²) < 4.78 is 12.4. The van der Waals surface area contributed by atoms with Crippen molar-refractivity contribution in [3.63, 3.8) is 0 Å². The first-order valence-corrected chi connectivity index (χ1v) is 10.8. The molecule has 3 aromatic rings. The van der Waals surface area contributed by atoms with Gasteiger partial charge in [-0.05, 0) is 51.8 Å². The zero-order valence-corrected chi connectivity index (χ0v) is 19.0. The average molecular weight is 441 g/mol. The van der Waals surface area contributed by atoms with Crippen molar-refractivity contribution in [1.29, 1.82) is 0 Å². The van der Waals surface area contributed by atoms with Crippen LogP contribution in [0.5, 0.6) is 5.75 Å². The minimum Gasteiger partial charge on any atom is -0.493 e. The molecular formula is C23H28N4O5. The third-order valence-electron chi connectivity index (χ3n) is 5.08. The lowest BCUT2D eigenvalue weighted by Gasteiger charge is -2.13. The van der Waals surface area contributed by atoms with Crippen LogP contribution in [-0.4, -0.2) is 44.7 Å². The molecule has 2 aromatic heterocycles. The summed E-state index contributed by atoms with van der Waals surface area (Å²) in [5.41, 5.74) is 1.74. The van der Waals surface area contributed by atoms with Gasteiger partial charge in [0.05, 0.1) is 24.5 Å². The molecule has 0 amide bonds. The van der Waals surface area contributed by atoms with Gasteiger partial charge in [0.25, 0.3) is 5.56 Å². The minimum absolute atomic E-state index is 0.109. The number of carbonyl (C=O) groups is 2. The number of benzene rings is 1. The van der Waals surface area contributed by atoms with E-state index in [-0.39, 0.29) is 23.7 Å². The summed E-state index contributed by atoms with van der Waals surface area (Å²) in [4.78, 5) is 44.6. The van der Waals surface area contributed by atoms with Gasteiger partial charge in [-0.3, -0.25) is 14.3 Å². The Hall–Kier alpha value is -3.49. The van der Waals surface area contributed by atoms with Crippen LogP contribution >= 0.6 is 0 Å². The number of ether oxygens (including phenoxy) is 2. The van der Waals surface area contributed by atoms with Crippen molar-refractivity contribution in [2.24, 2.45) is 0 Å². The average Bonchev–Trinajstić information content (AvgIpc) is 3.16. The topological polar surface area (TPSA) is 116 Å². The predicted octanol–water partition coefficient (Wildman–Crippen LogP) is 3.46. The lowest BCUT2D eigenvalue weighted by molar-refractivity contribution is -0.146. The van der Waals surface area contributed by atoms with E-state index in [2.05, 4.69) is 15.1 Å². The number of H-pyrrole nitrogens is 1. The highest BCUT2D eigenvalue weighted by molar-refractivity contribution is 5.95. The molecule has 0 bridgehead atoms. The van der Waals surface area contributed by atoms with E-state index in [0.29, 0.717) is 41.1 Å². The van der Waals surface area contributed by atoms with Crippen molar-refractivity contribution >= 4 is 22.8 Å². The summed E-state index contributed by atoms with van der Waals surface area (Å²) in [6.45, 7) is 9.50. The number of aromatic amines is 1. The molecule has 0 aliphatic rings. The SMILES string of the molecule is CCCOc1ccc(C(C)=O)cc1-c1nc2c(CC)n(C(C)C(=O)OCC)nc2c(=O)[nH]1. The van der Waals surface area contributed by atoms with E-state index in [1.807, 2.05) is 13.8 Å². The van der Waals surface area contributed by atoms with Gasteiger partial charge in [-0.1, -0.05) is 13.8 Å². The number of ketones is 1. The molecule has 0 fully saturated rings. The maximum atomic E-state index is 12.9. The van der Waals surface area contributed by atoms with Crippen LogP contribution in [0.25, 0.3) is 22.4 Å². The van der Waals surface area contributed by atoms with E-state index < -0.39 is 17.6 Å². The highest BCUT2D eigenvalue weighted by Gasteiger charge is 2.24. The Labute approximate surface area is 185 Å². The molecular weight excluding hydrogens is 412 g/mol. The summed E-state index contributed by atoms with van der Waals surface area (Å²) in [5, 5.41) is 4.36. The number of hydrogen-bond donors (Lipinski definition) is 1. The summed E-state index contributed by atoms with van der Waals surface area (Å²) in [6, 6.07) is 4.35. The molecule has 0 aliphatic heterocycles. The molecule has 0 saturated heterocycles. The normalized spacial score (nSPS) is 12.0. The highest BCUT2D eigenvalue weighted by Crippen LogP contribution is 2.30. The minimum atomic E-state index is -0.702. The fourth-order valence-corrected chi connectivity index (χ4v) is 3.45. The molecule has 9 heteroatoms. The third kappa shape index (κ3) is 4.42. The van der Waals surface area contributed by atoms with Gasteiger partial charge >= 0.3 is 5.97 Å². The van der Waals surface area contributed by atoms with E-state index in [9.17, 15) is 14.4 Å². The largest absolute Gasteiger partial charge is 0.493 e. The fraction of sp³-hybridized carbons (Fsp3) is 0.435. The first-order chi connectivity index (χ1) is 15.3. The number of aryl methyl sites for hydroxylation is 1. The Balaban J connectivity index is 2.22. The Morgan fingerprint density at radius 1 is 1.19 bits per heavy atom. The molecule has 0 aliphatic carbocycles. The predicted molar refractivity (Wildman–Crippen MR) is 120 cm³/mol. The van der Waals surface area contributed by atoms with E-state index in [1.165, 1.54) is 11.6 Å². The number of nitrogens with zero attached hydrogens (tertiary/aromatic N) is 3. The summed E-state index contributed by atoms with van der Waals surface area (Å²) in [7, 11) is 0. The Morgan fingerprint density at radius 2 is 1.94 bits per heavy atom. The van der Waals surface area contributed by atoms with Gasteiger partial charge < -0.3 is 14.5 Å². The van der Waals surface area contributed by atoms with Crippen LogP contribution in [0.2, 0.25) is 0 Å². The maximum Gasteiger partial charge on any atom is 0.330 e. The maximum absolute atomic E-state index is 12.9. The Morgan fingerprint density at radius 3 is 2.56 bits per heavy atom. The molecule has 3 rings (SSSR count). The molecule has 0 radical (unpaired) electrons. The number of esters is 1. The highest BCUT2D eigenvalue weighted by atomic mass is 16.5. The van der Waals surface area contributed by atoms with Crippen LogP contribution in [-0.2, 0) is 16.0 Å². The van der Waals surface area contributed by atoms with Crippen LogP contribution in [0.1, 0.15) is 63.1 Å². The van der Waals surface area contributed by atoms with Gasteiger partial charge in [-0.2, -0.15) is 5.10 Å². The fourth-order valence-electron chi connectivity index (χ4n) is 3.45. The lowest BCUT2D eigenvalue weighted by atomic mass is 10.1. The van der Waals surface area contributed by atoms with E-state index in [1.54, 1.807) is 32.0 Å². The first kappa shape index (κ1) is 23.2. The number of aromatic nitrogens is 4. The molecule has 1 unspecified atom stereocenters.